The standard InChI is InChI=1S/C18H20N3O2.CH4O3S/c22-20(23)17-6-3-5-16(14-17)19-9-12-21(13-10-19)11-8-15-4-1-2-7-18(15)21;1-5(2,3)4/h1-7,14H,8-13H2;1H3,(H,2,3,4)/q+1;/p-1. The van der Waals surface area contributed by atoms with Crippen molar-refractivity contribution in [3.63, 3.8) is 0 Å². The molecule has 0 unspecified atom stereocenters. The van der Waals surface area contributed by atoms with Gasteiger partial charge in [0.15, 0.2) is 0 Å². The molecular formula is C19H23N3O5S. The van der Waals surface area contributed by atoms with Crippen molar-refractivity contribution in [2.24, 2.45) is 0 Å². The number of non-ortho nitro benzene ring substituents is 1. The van der Waals surface area contributed by atoms with E-state index in [1.807, 2.05) is 6.07 Å². The predicted molar refractivity (Wildman–Crippen MR) is 107 cm³/mol. The highest BCUT2D eigenvalue weighted by molar-refractivity contribution is 7.84. The number of nitro groups is 1. The van der Waals surface area contributed by atoms with Crippen LogP contribution in [0, 0.1) is 10.1 Å². The molecule has 0 amide bonds. The van der Waals surface area contributed by atoms with E-state index in [9.17, 15) is 10.1 Å². The van der Waals surface area contributed by atoms with Crippen LogP contribution in [-0.4, -0.2) is 56.9 Å². The summed E-state index contributed by atoms with van der Waals surface area (Å²) in [7, 11) is -3.92. The van der Waals surface area contributed by atoms with Crippen LogP contribution in [0.4, 0.5) is 17.1 Å². The molecule has 0 N–H and O–H groups in total. The molecule has 2 aromatic rings. The quantitative estimate of drug-likeness (QED) is 0.328. The second-order valence-electron chi connectivity index (χ2n) is 7.16. The topological polar surface area (TPSA) is 104 Å². The summed E-state index contributed by atoms with van der Waals surface area (Å²) in [5, 5.41) is 11.0. The summed E-state index contributed by atoms with van der Waals surface area (Å²) in [5.74, 6) is 0. The van der Waals surface area contributed by atoms with Crippen molar-refractivity contribution >= 4 is 27.2 Å². The van der Waals surface area contributed by atoms with Gasteiger partial charge in [-0.15, -0.1) is 0 Å². The van der Waals surface area contributed by atoms with Gasteiger partial charge in [-0.2, -0.15) is 0 Å². The normalized spacial score (nSPS) is 17.6. The Hall–Kier alpha value is -2.49. The fraction of sp³-hybridized carbons (Fsp3) is 0.368. The third kappa shape index (κ3) is 4.67. The van der Waals surface area contributed by atoms with Gasteiger partial charge < -0.3 is 9.45 Å². The van der Waals surface area contributed by atoms with E-state index in [0.717, 1.165) is 42.8 Å². The number of rotatable bonds is 2. The summed E-state index contributed by atoms with van der Waals surface area (Å²) >= 11 is 0. The number of piperazine rings is 1. The first-order chi connectivity index (χ1) is 13.2. The van der Waals surface area contributed by atoms with E-state index in [1.54, 1.807) is 18.2 Å². The average Bonchev–Trinajstić information content (AvgIpc) is 3.00. The third-order valence-corrected chi connectivity index (χ3v) is 5.31. The summed E-state index contributed by atoms with van der Waals surface area (Å²) in [6.07, 6.45) is 1.76. The van der Waals surface area contributed by atoms with E-state index in [0.29, 0.717) is 6.26 Å². The highest BCUT2D eigenvalue weighted by atomic mass is 32.2. The first kappa shape index (κ1) is 20.2. The Bertz CT molecular complexity index is 961. The summed E-state index contributed by atoms with van der Waals surface area (Å²) in [6, 6.07) is 15.8. The second kappa shape index (κ2) is 7.86. The van der Waals surface area contributed by atoms with Gasteiger partial charge in [0.25, 0.3) is 5.69 Å². The first-order valence-electron chi connectivity index (χ1n) is 9.03. The van der Waals surface area contributed by atoms with Crippen LogP contribution < -0.4 is 9.38 Å². The molecule has 2 aliphatic rings. The van der Waals surface area contributed by atoms with E-state index in [1.165, 1.54) is 17.8 Å². The maximum atomic E-state index is 11.0. The summed E-state index contributed by atoms with van der Waals surface area (Å²) in [5.41, 5.74) is 4.09. The number of quaternary nitrogens is 1. The molecule has 150 valence electrons. The lowest BCUT2D eigenvalue weighted by molar-refractivity contribution is -0.384. The van der Waals surface area contributed by atoms with Crippen molar-refractivity contribution in [3.8, 4) is 0 Å². The zero-order valence-electron chi connectivity index (χ0n) is 15.7. The fourth-order valence-electron chi connectivity index (χ4n) is 4.01. The molecule has 0 aliphatic carbocycles. The van der Waals surface area contributed by atoms with Crippen LogP contribution in [0.1, 0.15) is 5.56 Å². The van der Waals surface area contributed by atoms with Gasteiger partial charge in [0.05, 0.1) is 34.7 Å². The Labute approximate surface area is 164 Å². The van der Waals surface area contributed by atoms with E-state index in [-0.39, 0.29) is 10.6 Å². The number of hydrogen-bond acceptors (Lipinski definition) is 6. The van der Waals surface area contributed by atoms with Gasteiger partial charge in [-0.05, 0) is 12.1 Å². The summed E-state index contributed by atoms with van der Waals surface area (Å²) < 4.78 is 28.3. The van der Waals surface area contributed by atoms with Crippen molar-refractivity contribution in [1.82, 2.24) is 4.48 Å². The molecule has 2 aliphatic heterocycles. The lowest BCUT2D eigenvalue weighted by atomic mass is 10.1. The smallest absolute Gasteiger partial charge is 0.271 e. The summed E-state index contributed by atoms with van der Waals surface area (Å²) in [4.78, 5) is 12.9. The largest absolute Gasteiger partial charge is 0.748 e. The highest BCUT2D eigenvalue weighted by Gasteiger charge is 2.40. The molecule has 28 heavy (non-hydrogen) atoms. The molecule has 0 bridgehead atoms. The maximum Gasteiger partial charge on any atom is 0.271 e. The fourth-order valence-corrected chi connectivity index (χ4v) is 4.01. The van der Waals surface area contributed by atoms with Crippen LogP contribution in [-0.2, 0) is 16.5 Å². The number of anilines is 1. The maximum absolute atomic E-state index is 11.0. The predicted octanol–water partition coefficient (Wildman–Crippen LogP) is 2.14. The first-order valence-corrected chi connectivity index (χ1v) is 10.8. The zero-order valence-corrected chi connectivity index (χ0v) is 16.5. The average molecular weight is 405 g/mol. The lowest BCUT2D eigenvalue weighted by Crippen LogP contribution is -2.60. The molecule has 0 saturated carbocycles. The zero-order chi connectivity index (χ0) is 20.4. The van der Waals surface area contributed by atoms with E-state index in [2.05, 4.69) is 29.2 Å². The van der Waals surface area contributed by atoms with Crippen molar-refractivity contribution in [1.29, 1.82) is 0 Å². The summed E-state index contributed by atoms with van der Waals surface area (Å²) in [6.45, 7) is 5.20. The molecule has 2 aromatic carbocycles. The minimum absolute atomic E-state index is 0.170. The van der Waals surface area contributed by atoms with E-state index in [4.69, 9.17) is 13.0 Å². The van der Waals surface area contributed by atoms with Crippen LogP contribution in [0.15, 0.2) is 48.5 Å². The number of para-hydroxylation sites is 1. The van der Waals surface area contributed by atoms with Gasteiger partial charge >= 0.3 is 0 Å². The molecule has 9 heteroatoms. The van der Waals surface area contributed by atoms with Gasteiger partial charge in [-0.1, -0.05) is 24.3 Å². The van der Waals surface area contributed by atoms with Crippen molar-refractivity contribution in [2.45, 2.75) is 6.42 Å². The van der Waals surface area contributed by atoms with Crippen LogP contribution in [0.2, 0.25) is 0 Å². The van der Waals surface area contributed by atoms with Gasteiger partial charge in [0.1, 0.15) is 18.8 Å². The molecule has 8 nitrogen and oxygen atoms in total. The number of hydrogen-bond donors (Lipinski definition) is 0. The van der Waals surface area contributed by atoms with Crippen LogP contribution >= 0.6 is 0 Å². The number of fused-ring (bicyclic) bond motifs is 2. The minimum Gasteiger partial charge on any atom is -0.748 e. The molecule has 1 saturated heterocycles. The molecular weight excluding hydrogens is 382 g/mol. The number of nitro benzene ring substituents is 1. The monoisotopic (exact) mass is 405 g/mol. The molecule has 2 heterocycles. The van der Waals surface area contributed by atoms with Crippen molar-refractivity contribution in [3.05, 3.63) is 64.2 Å². The third-order valence-electron chi connectivity index (χ3n) is 5.31. The van der Waals surface area contributed by atoms with Gasteiger partial charge in [-0.3, -0.25) is 14.6 Å². The van der Waals surface area contributed by atoms with Gasteiger partial charge in [0, 0.05) is 36.1 Å². The minimum atomic E-state index is -3.92. The molecule has 1 fully saturated rings. The van der Waals surface area contributed by atoms with Crippen LogP contribution in [0.3, 0.4) is 0 Å². The Morgan fingerprint density at radius 1 is 1.04 bits per heavy atom. The van der Waals surface area contributed by atoms with Crippen molar-refractivity contribution < 1.29 is 17.9 Å². The Balaban J connectivity index is 0.000000403. The SMILES string of the molecule is CS(=O)(=O)[O-].O=[N+]([O-])c1cccc(N2CC[N+]3(CCc4ccccc43)CC2)c1. The second-order valence-corrected chi connectivity index (χ2v) is 8.57. The molecule has 1 spiro atoms. The molecule has 0 aromatic heterocycles. The van der Waals surface area contributed by atoms with Crippen LogP contribution in [0.25, 0.3) is 0 Å². The lowest BCUT2D eigenvalue weighted by Gasteiger charge is -2.42. The molecule has 0 radical (unpaired) electrons. The van der Waals surface area contributed by atoms with Gasteiger partial charge in [-0.25, -0.2) is 8.42 Å². The highest BCUT2D eigenvalue weighted by Crippen LogP contribution is 2.36. The number of benzene rings is 2. The Morgan fingerprint density at radius 2 is 1.68 bits per heavy atom. The van der Waals surface area contributed by atoms with Gasteiger partial charge in [0.2, 0.25) is 0 Å². The Morgan fingerprint density at radius 3 is 2.32 bits per heavy atom. The van der Waals surface area contributed by atoms with E-state index < -0.39 is 10.1 Å². The van der Waals surface area contributed by atoms with Crippen LogP contribution in [0.5, 0.6) is 0 Å². The molecule has 0 atom stereocenters. The molecule has 4 rings (SSSR count). The Kier molecular flexibility index (Phi) is 5.69. The van der Waals surface area contributed by atoms with E-state index >= 15 is 0 Å². The van der Waals surface area contributed by atoms with Crippen molar-refractivity contribution in [2.75, 3.05) is 43.9 Å². The number of nitrogens with zero attached hydrogens (tertiary/aromatic N) is 3.